The van der Waals surface area contributed by atoms with E-state index >= 15 is 0 Å². The molecule has 0 saturated heterocycles. The minimum Gasteiger partial charge on any atom is -0.334 e. The van der Waals surface area contributed by atoms with E-state index in [-0.39, 0.29) is 17.6 Å². The molecule has 1 aromatic heterocycles. The first kappa shape index (κ1) is 13.2. The Labute approximate surface area is 109 Å². The second kappa shape index (κ2) is 5.15. The van der Waals surface area contributed by atoms with Gasteiger partial charge in [0.15, 0.2) is 5.82 Å². The van der Waals surface area contributed by atoms with Crippen LogP contribution in [0.4, 0.5) is 5.69 Å². The van der Waals surface area contributed by atoms with E-state index in [4.69, 9.17) is 10.3 Å². The fraction of sp³-hybridized carbons (Fsp3) is 0.333. The van der Waals surface area contributed by atoms with Crippen LogP contribution in [-0.2, 0) is 6.42 Å². The van der Waals surface area contributed by atoms with Crippen LogP contribution in [0.3, 0.4) is 0 Å². The van der Waals surface area contributed by atoms with Gasteiger partial charge in [-0.1, -0.05) is 11.2 Å². The van der Waals surface area contributed by atoms with Crippen LogP contribution in [0.1, 0.15) is 18.3 Å². The molecule has 7 nitrogen and oxygen atoms in total. The highest BCUT2D eigenvalue weighted by molar-refractivity contribution is 5.67. The second-order valence-electron chi connectivity index (χ2n) is 4.47. The lowest BCUT2D eigenvalue weighted by molar-refractivity contribution is -0.384. The highest BCUT2D eigenvalue weighted by Gasteiger charge is 2.20. The van der Waals surface area contributed by atoms with Crippen molar-refractivity contribution in [1.82, 2.24) is 10.1 Å². The topological polar surface area (TPSA) is 108 Å². The van der Waals surface area contributed by atoms with E-state index in [1.165, 1.54) is 6.07 Å². The van der Waals surface area contributed by atoms with E-state index in [2.05, 4.69) is 10.1 Å². The molecule has 2 N–H and O–H groups in total. The van der Waals surface area contributed by atoms with Gasteiger partial charge in [-0.05, 0) is 25.5 Å². The first-order valence-electron chi connectivity index (χ1n) is 5.81. The highest BCUT2D eigenvalue weighted by Crippen LogP contribution is 2.29. The summed E-state index contributed by atoms with van der Waals surface area (Å²) in [4.78, 5) is 14.7. The first-order valence-corrected chi connectivity index (χ1v) is 5.81. The molecule has 0 aliphatic carbocycles. The van der Waals surface area contributed by atoms with E-state index in [1.807, 2.05) is 13.8 Å². The summed E-state index contributed by atoms with van der Waals surface area (Å²) in [6.45, 7) is 3.66. The van der Waals surface area contributed by atoms with Crippen molar-refractivity contribution in [3.63, 3.8) is 0 Å². The zero-order chi connectivity index (χ0) is 14.0. The van der Waals surface area contributed by atoms with Crippen molar-refractivity contribution in [2.75, 3.05) is 0 Å². The molecule has 0 fully saturated rings. The summed E-state index contributed by atoms with van der Waals surface area (Å²) in [6.07, 6.45) is 0.461. The average Bonchev–Trinajstić information content (AvgIpc) is 2.75. The number of nitro groups is 1. The van der Waals surface area contributed by atoms with Crippen molar-refractivity contribution < 1.29 is 9.45 Å². The summed E-state index contributed by atoms with van der Waals surface area (Å²) in [5.74, 6) is 0.590. The van der Waals surface area contributed by atoms with Gasteiger partial charge in [-0.25, -0.2) is 0 Å². The third-order valence-electron chi connectivity index (χ3n) is 2.55. The molecule has 0 saturated carbocycles. The molecule has 2 aromatic rings. The maximum Gasteiger partial charge on any atom is 0.282 e. The van der Waals surface area contributed by atoms with Gasteiger partial charge in [-0.2, -0.15) is 4.98 Å². The molecule has 0 aliphatic rings. The summed E-state index contributed by atoms with van der Waals surface area (Å²) >= 11 is 0. The van der Waals surface area contributed by atoms with Crippen molar-refractivity contribution >= 4 is 5.69 Å². The van der Waals surface area contributed by atoms with E-state index in [0.717, 1.165) is 5.56 Å². The number of nitro benzene ring substituents is 1. The molecular formula is C12H14N4O3. The largest absolute Gasteiger partial charge is 0.334 e. The van der Waals surface area contributed by atoms with Gasteiger partial charge in [0.2, 0.25) is 0 Å². The molecule has 0 amide bonds. The fourth-order valence-electron chi connectivity index (χ4n) is 1.71. The Morgan fingerprint density at radius 3 is 2.89 bits per heavy atom. The third kappa shape index (κ3) is 2.94. The molecule has 2 rings (SSSR count). The number of nitrogens with zero attached hydrogens (tertiary/aromatic N) is 3. The number of hydrogen-bond donors (Lipinski definition) is 1. The summed E-state index contributed by atoms with van der Waals surface area (Å²) in [5, 5.41) is 14.8. The van der Waals surface area contributed by atoms with Crippen LogP contribution in [0, 0.1) is 17.0 Å². The van der Waals surface area contributed by atoms with Gasteiger partial charge in [0, 0.05) is 18.5 Å². The Bertz CT molecular complexity index is 607. The molecular weight excluding hydrogens is 248 g/mol. The predicted molar refractivity (Wildman–Crippen MR) is 68.5 cm³/mol. The standard InChI is InChI=1S/C12H14N4O3/c1-7-3-4-10(16(17)18)9(5-7)12-14-11(15-19-12)6-8(2)13/h3-5,8H,6,13H2,1-2H3. The van der Waals surface area contributed by atoms with Crippen molar-refractivity contribution in [3.8, 4) is 11.5 Å². The summed E-state index contributed by atoms with van der Waals surface area (Å²) in [7, 11) is 0. The molecule has 0 radical (unpaired) electrons. The van der Waals surface area contributed by atoms with Gasteiger partial charge in [0.1, 0.15) is 5.56 Å². The van der Waals surface area contributed by atoms with Crippen LogP contribution in [0.25, 0.3) is 11.5 Å². The summed E-state index contributed by atoms with van der Waals surface area (Å²) < 4.78 is 5.08. The van der Waals surface area contributed by atoms with Gasteiger partial charge in [-0.15, -0.1) is 0 Å². The highest BCUT2D eigenvalue weighted by atomic mass is 16.6. The van der Waals surface area contributed by atoms with Gasteiger partial charge >= 0.3 is 0 Å². The molecule has 100 valence electrons. The number of hydrogen-bond acceptors (Lipinski definition) is 6. The van der Waals surface area contributed by atoms with Crippen molar-refractivity contribution in [2.24, 2.45) is 5.73 Å². The van der Waals surface area contributed by atoms with Gasteiger partial charge in [0.05, 0.1) is 4.92 Å². The molecule has 7 heteroatoms. The number of aromatic nitrogens is 2. The van der Waals surface area contributed by atoms with E-state index in [0.29, 0.717) is 17.8 Å². The first-order chi connectivity index (χ1) is 8.97. The summed E-state index contributed by atoms with van der Waals surface area (Å²) in [5.41, 5.74) is 6.80. The van der Waals surface area contributed by atoms with Crippen LogP contribution in [0.15, 0.2) is 22.7 Å². The summed E-state index contributed by atoms with van der Waals surface area (Å²) in [6, 6.07) is 4.65. The van der Waals surface area contributed by atoms with Gasteiger partial charge in [0.25, 0.3) is 11.6 Å². The van der Waals surface area contributed by atoms with Crippen LogP contribution in [0.2, 0.25) is 0 Å². The van der Waals surface area contributed by atoms with Crippen LogP contribution in [0.5, 0.6) is 0 Å². The minimum atomic E-state index is -0.468. The Morgan fingerprint density at radius 2 is 2.26 bits per heavy atom. The third-order valence-corrected chi connectivity index (χ3v) is 2.55. The Kier molecular flexibility index (Phi) is 3.57. The van der Waals surface area contributed by atoms with Gasteiger partial charge in [-0.3, -0.25) is 10.1 Å². The Morgan fingerprint density at radius 1 is 1.53 bits per heavy atom. The van der Waals surface area contributed by atoms with Crippen LogP contribution < -0.4 is 5.73 Å². The second-order valence-corrected chi connectivity index (χ2v) is 4.47. The van der Waals surface area contributed by atoms with E-state index in [1.54, 1.807) is 12.1 Å². The normalized spacial score (nSPS) is 12.4. The molecule has 1 unspecified atom stereocenters. The average molecular weight is 262 g/mol. The number of benzene rings is 1. The maximum absolute atomic E-state index is 11.0. The molecule has 0 aliphatic heterocycles. The molecule has 1 atom stereocenters. The van der Waals surface area contributed by atoms with E-state index in [9.17, 15) is 10.1 Å². The van der Waals surface area contributed by atoms with Crippen molar-refractivity contribution in [3.05, 3.63) is 39.7 Å². The number of nitrogens with two attached hydrogens (primary N) is 1. The van der Waals surface area contributed by atoms with Gasteiger partial charge < -0.3 is 10.3 Å². The Balaban J connectivity index is 2.43. The lowest BCUT2D eigenvalue weighted by Crippen LogP contribution is -2.18. The quantitative estimate of drug-likeness (QED) is 0.665. The van der Waals surface area contributed by atoms with Crippen molar-refractivity contribution in [1.29, 1.82) is 0 Å². The van der Waals surface area contributed by atoms with Crippen LogP contribution in [-0.4, -0.2) is 21.1 Å². The zero-order valence-electron chi connectivity index (χ0n) is 10.7. The smallest absolute Gasteiger partial charge is 0.282 e. The molecule has 0 spiro atoms. The zero-order valence-corrected chi connectivity index (χ0v) is 10.7. The lowest BCUT2D eigenvalue weighted by Gasteiger charge is -1.99. The Hall–Kier alpha value is -2.28. The molecule has 19 heavy (non-hydrogen) atoms. The molecule has 1 aromatic carbocycles. The SMILES string of the molecule is Cc1ccc([N+](=O)[O-])c(-c2nc(CC(C)N)no2)c1. The number of rotatable bonds is 4. The fourth-order valence-corrected chi connectivity index (χ4v) is 1.71. The maximum atomic E-state index is 11.0. The minimum absolute atomic E-state index is 0.0541. The van der Waals surface area contributed by atoms with E-state index < -0.39 is 4.92 Å². The molecule has 1 heterocycles. The van der Waals surface area contributed by atoms with Crippen molar-refractivity contribution in [2.45, 2.75) is 26.3 Å². The molecule has 0 bridgehead atoms. The predicted octanol–water partition coefficient (Wildman–Crippen LogP) is 1.84. The lowest BCUT2D eigenvalue weighted by atomic mass is 10.1. The number of aryl methyl sites for hydroxylation is 1. The monoisotopic (exact) mass is 262 g/mol. The van der Waals surface area contributed by atoms with Crippen LogP contribution >= 0.6 is 0 Å².